The van der Waals surface area contributed by atoms with Gasteiger partial charge in [-0.3, -0.25) is 56.4 Å². The Bertz CT molecular complexity index is 6990. The van der Waals surface area contributed by atoms with Crippen molar-refractivity contribution in [2.45, 2.75) is 189 Å². The first-order valence-corrected chi connectivity index (χ1v) is 46.1. The fraction of sp³-hybridized carbons (Fsp3) is 0.424. The Kier molecular flexibility index (Phi) is 24.5. The van der Waals surface area contributed by atoms with E-state index in [4.69, 9.17) is 25.0 Å². The monoisotopic (exact) mass is 1750 g/mol. The molecule has 0 spiro atoms. The largest absolute Gasteiger partial charge is 0.395 e. The van der Waals surface area contributed by atoms with Gasteiger partial charge in [-0.15, -0.1) is 0 Å². The number of piperidine rings is 4. The Labute approximate surface area is 754 Å². The molecule has 1 saturated carbocycles. The molecule has 130 heavy (non-hydrogen) atoms. The molecule has 1 aromatic carbocycles. The number of rotatable bonds is 17. The highest BCUT2D eigenvalue weighted by molar-refractivity contribution is 5.84. The molecule has 1 aliphatic carbocycles. The van der Waals surface area contributed by atoms with E-state index in [9.17, 15) is 19.2 Å². The van der Waals surface area contributed by atoms with Crippen LogP contribution in [0.2, 0.25) is 0 Å². The molecule has 21 rings (SSSR count). The van der Waals surface area contributed by atoms with Crippen molar-refractivity contribution in [3.63, 3.8) is 0 Å². The van der Waals surface area contributed by atoms with Gasteiger partial charge in [-0.05, 0) is 250 Å². The van der Waals surface area contributed by atoms with E-state index in [0.717, 1.165) is 199 Å². The fourth-order valence-electron chi connectivity index (χ4n) is 19.4. The molecule has 4 aliphatic heterocycles. The van der Waals surface area contributed by atoms with Gasteiger partial charge in [0, 0.05) is 142 Å². The minimum absolute atomic E-state index is 0.0202. The minimum Gasteiger partial charge on any atom is -0.395 e. The molecular weight excluding hydrogens is 1630 g/mol. The van der Waals surface area contributed by atoms with Gasteiger partial charge in [0.15, 0.2) is 0 Å². The molecule has 31 nitrogen and oxygen atoms in total. The number of anilines is 3. The van der Waals surface area contributed by atoms with Crippen LogP contribution in [0.15, 0.2) is 172 Å². The topological polar surface area (TPSA) is 315 Å². The molecule has 0 radical (unpaired) electrons. The van der Waals surface area contributed by atoms with Crippen molar-refractivity contribution >= 4 is 67.1 Å². The summed E-state index contributed by atoms with van der Waals surface area (Å²) in [5.41, 5.74) is 22.5. The Morgan fingerprint density at radius 1 is 0.408 bits per heavy atom. The number of nitrogens with one attached hydrogen (secondary N) is 3. The molecule has 19 heterocycles. The Morgan fingerprint density at radius 3 is 1.23 bits per heavy atom. The van der Waals surface area contributed by atoms with Gasteiger partial charge in [-0.1, -0.05) is 32.4 Å². The maximum Gasteiger partial charge on any atom is 0.258 e. The number of fused-ring (bicyclic) bond motifs is 8. The summed E-state index contributed by atoms with van der Waals surface area (Å²) >= 11 is 0. The van der Waals surface area contributed by atoms with Gasteiger partial charge >= 0.3 is 0 Å². The fourth-order valence-corrected chi connectivity index (χ4v) is 19.4. The van der Waals surface area contributed by atoms with E-state index in [0.29, 0.717) is 69.3 Å². The molecule has 4 N–H and O–H groups in total. The van der Waals surface area contributed by atoms with Crippen molar-refractivity contribution in [3.05, 3.63) is 239 Å². The maximum absolute atomic E-state index is 13.1. The zero-order valence-corrected chi connectivity index (χ0v) is 76.9. The summed E-state index contributed by atoms with van der Waals surface area (Å²) in [5, 5.41) is 39.2. The van der Waals surface area contributed by atoms with Crippen molar-refractivity contribution in [2.24, 2.45) is 7.05 Å². The third-order valence-electron chi connectivity index (χ3n) is 27.2. The lowest BCUT2D eigenvalue weighted by Crippen LogP contribution is -2.52. The van der Waals surface area contributed by atoms with Crippen LogP contribution in [0.1, 0.15) is 163 Å². The highest BCUT2D eigenvalue weighted by Crippen LogP contribution is 2.37. The van der Waals surface area contributed by atoms with E-state index in [1.165, 1.54) is 50.8 Å². The third-order valence-corrected chi connectivity index (χ3v) is 27.2. The van der Waals surface area contributed by atoms with Gasteiger partial charge in [-0.25, -0.2) is 33.5 Å². The minimum atomic E-state index is -0.133. The number of hydrogen-bond donors (Lipinski definition) is 4. The summed E-state index contributed by atoms with van der Waals surface area (Å²) < 4.78 is 13.8. The van der Waals surface area contributed by atoms with Gasteiger partial charge in [0.25, 0.3) is 22.2 Å². The van der Waals surface area contributed by atoms with Crippen LogP contribution in [0, 0.1) is 48.5 Å². The van der Waals surface area contributed by atoms with Crippen LogP contribution >= 0.6 is 0 Å². The number of nitrogens with zero attached hydrogens (tertiary/aromatic N) is 23. The number of β-amino-alcohol motifs (C(OH)–C–C–N with tert-alkyl or cyclic N) is 1. The van der Waals surface area contributed by atoms with E-state index in [2.05, 4.69) is 137 Å². The SMILES string of the molecule is CCCNC1(C)CCN(c2ccc3nc(-c4cc5c(C)nc(C)cn5n4)cc(=O)n3c2)CC1.CCNC1(C)CCN(c2ccc3nc(-c4cc5c(C)nc(C)cn5n4)cc(=O)n3c2)CC1.Cc1cc(C2CCN(C3CCC3)CC2)cn2c(=O)cc(-c3ccc4nn(C)cc4c3)nc12.Cc1cn2nc(-c3cc(=O)n4cc(N5CCC(C)(NCCO)CC5)ccc4n3)cc2c(C)n1. The van der Waals surface area contributed by atoms with Crippen molar-refractivity contribution in [1.82, 2.24) is 112 Å². The van der Waals surface area contributed by atoms with Crippen molar-refractivity contribution in [2.75, 3.05) is 93.3 Å². The number of aryl methyl sites for hydroxylation is 8. The average Bonchev–Trinajstić information content (AvgIpc) is 1.27. The quantitative estimate of drug-likeness (QED) is 0.0658. The number of aromatic nitrogens is 19. The summed E-state index contributed by atoms with van der Waals surface area (Å²) in [7, 11) is 1.92. The molecule has 674 valence electrons. The summed E-state index contributed by atoms with van der Waals surface area (Å²) in [6.45, 7) is 35.7. The van der Waals surface area contributed by atoms with Crippen LogP contribution in [0.5, 0.6) is 0 Å². The molecule has 0 bridgehead atoms. The number of hydrogen-bond acceptors (Lipinski definition) is 23. The zero-order valence-electron chi connectivity index (χ0n) is 76.9. The maximum atomic E-state index is 13.1. The number of benzene rings is 1. The number of aliphatic hydroxyl groups excluding tert-OH is 1. The second-order valence-corrected chi connectivity index (χ2v) is 37.1. The normalized spacial score (nSPS) is 16.7. The van der Waals surface area contributed by atoms with Crippen LogP contribution < -0.4 is 52.9 Å². The second-order valence-electron chi connectivity index (χ2n) is 37.1. The van der Waals surface area contributed by atoms with Crippen molar-refractivity contribution < 1.29 is 5.11 Å². The Balaban J connectivity index is 0.000000117. The average molecular weight is 1750 g/mol. The Morgan fingerprint density at radius 2 is 0.823 bits per heavy atom. The van der Waals surface area contributed by atoms with Crippen LogP contribution in [0.3, 0.4) is 0 Å². The standard InChI is InChI=1S/C26H29N5O.C25H31N7O.C24H29N7O2.C24H29N7O/c1-17-12-20(18-8-10-30(11-9-18)22-4-3-5-22)16-31-25(32)14-24(27-26(17)31)19-6-7-23-21(13-19)15-29(2)28-23;1-5-10-26-25(4)8-11-30(12-9-25)19-6-7-23-28-20(14-24(33)31(23)16-19)21-13-22-18(3)27-17(2)15-32(22)29-21;1-16-14-31-21(17(2)26-16)12-20(28-31)19-13-23(33)30-15-18(4-5-22(30)27-19)29-9-6-24(3,7-10-29)25-8-11-32;1-5-25-24(4)8-10-29(11-9-24)18-6-7-22-27-19(13-23(32)30(22)15-18)20-12-21-17(3)26-16(2)14-31(21)28-20/h6-7,12-16,18,22H,3-5,8-11H2,1-2H3;6-7,13-16,26H,5,8-12H2,1-4H3;4-5,12-15,25,32H,6-11H2,1-3H3;6-7,12-15,25H,5,8-11H2,1-4H3. The first-order valence-electron chi connectivity index (χ1n) is 46.1. The number of pyridine rings is 4. The van der Waals surface area contributed by atoms with E-state index >= 15 is 0 Å². The van der Waals surface area contributed by atoms with Crippen molar-refractivity contribution in [3.8, 4) is 45.4 Å². The summed E-state index contributed by atoms with van der Waals surface area (Å²) in [5.74, 6) is 0.522. The number of likely N-dealkylation sites (tertiary alicyclic amines) is 1. The van der Waals surface area contributed by atoms with Gasteiger partial charge in [0.05, 0.1) is 121 Å². The molecule has 4 saturated heterocycles. The lowest BCUT2D eigenvalue weighted by molar-refractivity contribution is 0.0975. The third kappa shape index (κ3) is 18.5. The molecule has 15 aromatic heterocycles. The summed E-state index contributed by atoms with van der Waals surface area (Å²) in [6, 6.07) is 33.1. The predicted molar refractivity (Wildman–Crippen MR) is 512 cm³/mol. The molecule has 0 atom stereocenters. The van der Waals surface area contributed by atoms with Crippen molar-refractivity contribution in [1.29, 1.82) is 0 Å². The lowest BCUT2D eigenvalue weighted by Gasteiger charge is -2.42. The molecular formula is C99H118N26O5. The van der Waals surface area contributed by atoms with Gasteiger partial charge in [0.2, 0.25) is 0 Å². The van der Waals surface area contributed by atoms with E-state index < -0.39 is 0 Å². The van der Waals surface area contributed by atoms with Crippen LogP contribution in [-0.2, 0) is 7.05 Å². The molecule has 5 fully saturated rings. The van der Waals surface area contributed by atoms with Crippen LogP contribution in [-0.4, -0.2) is 202 Å². The molecule has 0 unspecified atom stereocenters. The van der Waals surface area contributed by atoms with E-state index in [1.54, 1.807) is 60.1 Å². The highest BCUT2D eigenvalue weighted by atomic mass is 16.3. The zero-order chi connectivity index (χ0) is 90.6. The molecule has 5 aliphatic rings. The summed E-state index contributed by atoms with van der Waals surface area (Å²) in [4.78, 5) is 94.3. The first kappa shape index (κ1) is 87.9. The molecule has 31 heteroatoms. The van der Waals surface area contributed by atoms with Crippen LogP contribution in [0.4, 0.5) is 17.1 Å². The summed E-state index contributed by atoms with van der Waals surface area (Å²) in [6.07, 6.45) is 29.2. The van der Waals surface area contributed by atoms with Gasteiger partial charge in [-0.2, -0.15) is 20.4 Å². The van der Waals surface area contributed by atoms with Gasteiger partial charge in [0.1, 0.15) is 39.7 Å². The highest BCUT2D eigenvalue weighted by Gasteiger charge is 2.35. The first-order chi connectivity index (χ1) is 62.6. The number of aliphatic hydroxyl groups is 1. The predicted octanol–water partition coefficient (Wildman–Crippen LogP) is 12.6. The molecule has 16 aromatic rings. The van der Waals surface area contributed by atoms with Crippen LogP contribution in [0.25, 0.3) is 95.5 Å². The molecule has 0 amide bonds. The van der Waals surface area contributed by atoms with E-state index in [-0.39, 0.29) is 45.5 Å². The second kappa shape index (κ2) is 36.3. The van der Waals surface area contributed by atoms with E-state index in [1.807, 2.05) is 153 Å². The lowest BCUT2D eigenvalue weighted by atomic mass is 9.85. The smallest absolute Gasteiger partial charge is 0.258 e. The van der Waals surface area contributed by atoms with Gasteiger partial charge < -0.3 is 40.7 Å². The Hall–Kier alpha value is -12.8.